The van der Waals surface area contributed by atoms with Gasteiger partial charge in [0.25, 0.3) is 5.56 Å². The van der Waals surface area contributed by atoms with E-state index in [0.29, 0.717) is 36.6 Å². The molecule has 29 heavy (non-hydrogen) atoms. The molecule has 0 saturated carbocycles. The van der Waals surface area contributed by atoms with E-state index in [1.807, 2.05) is 6.92 Å². The first-order valence-corrected chi connectivity index (χ1v) is 9.21. The Morgan fingerprint density at radius 1 is 1.21 bits per heavy atom. The zero-order valence-electron chi connectivity index (χ0n) is 16.7. The van der Waals surface area contributed by atoms with Gasteiger partial charge in [0.1, 0.15) is 18.0 Å². The van der Waals surface area contributed by atoms with E-state index in [9.17, 15) is 14.4 Å². The maximum Gasteiger partial charge on any atom is 0.332 e. The number of rotatable bonds is 7. The van der Waals surface area contributed by atoms with Crippen molar-refractivity contribution in [1.82, 2.24) is 9.13 Å². The van der Waals surface area contributed by atoms with Gasteiger partial charge in [0, 0.05) is 13.6 Å². The molecule has 0 spiro atoms. The summed E-state index contributed by atoms with van der Waals surface area (Å²) in [5.74, 6) is 0.850. The molecule has 1 aliphatic rings. The van der Waals surface area contributed by atoms with Crippen LogP contribution in [0.2, 0.25) is 0 Å². The second-order valence-corrected chi connectivity index (χ2v) is 6.54. The molecule has 2 aromatic rings. The van der Waals surface area contributed by atoms with E-state index in [1.54, 1.807) is 30.4 Å². The van der Waals surface area contributed by atoms with Gasteiger partial charge in [-0.2, -0.15) is 0 Å². The number of methoxy groups -OCH3 is 1. The number of hydrogen-bond donors (Lipinski definition) is 1. The van der Waals surface area contributed by atoms with Crippen molar-refractivity contribution < 1.29 is 14.3 Å². The fraction of sp³-hybridized carbons (Fsp3) is 0.286. The van der Waals surface area contributed by atoms with Gasteiger partial charge in [-0.05, 0) is 30.2 Å². The maximum absolute atomic E-state index is 12.9. The van der Waals surface area contributed by atoms with Gasteiger partial charge in [0.15, 0.2) is 11.5 Å². The number of hydrogen-bond acceptors (Lipinski definition) is 6. The van der Waals surface area contributed by atoms with Crippen molar-refractivity contribution in [2.45, 2.75) is 19.9 Å². The molecule has 1 N–H and O–H groups in total. The van der Waals surface area contributed by atoms with Crippen molar-refractivity contribution in [3.8, 4) is 11.5 Å². The maximum atomic E-state index is 12.9. The number of aromatic nitrogens is 2. The van der Waals surface area contributed by atoms with Crippen molar-refractivity contribution in [3.63, 3.8) is 0 Å². The van der Waals surface area contributed by atoms with Crippen LogP contribution in [0, 0.1) is 0 Å². The molecular formula is C21H23N3O5. The van der Waals surface area contributed by atoms with E-state index in [-0.39, 0.29) is 17.1 Å². The first-order chi connectivity index (χ1) is 13.9. The summed E-state index contributed by atoms with van der Waals surface area (Å²) in [6.45, 7) is 6.26. The predicted molar refractivity (Wildman–Crippen MR) is 111 cm³/mol. The summed E-state index contributed by atoms with van der Waals surface area (Å²) in [6.07, 6.45) is 3.93. The molecule has 8 nitrogen and oxygen atoms in total. The second-order valence-electron chi connectivity index (χ2n) is 6.54. The molecule has 8 heteroatoms. The Kier molecular flexibility index (Phi) is 5.72. The smallest absolute Gasteiger partial charge is 0.332 e. The SMILES string of the molecule is C=CCOc1ccc(/C=C2\Nc3c(c(=O)n(C)c(=O)n3CCC)C2=O)cc1OC. The van der Waals surface area contributed by atoms with Gasteiger partial charge in [0.05, 0.1) is 12.8 Å². The highest BCUT2D eigenvalue weighted by Crippen LogP contribution is 2.31. The van der Waals surface area contributed by atoms with Gasteiger partial charge in [-0.25, -0.2) is 4.79 Å². The van der Waals surface area contributed by atoms with Crippen molar-refractivity contribution >= 4 is 17.7 Å². The topological polar surface area (TPSA) is 91.6 Å². The molecule has 2 heterocycles. The fourth-order valence-electron chi connectivity index (χ4n) is 3.16. The van der Waals surface area contributed by atoms with Crippen molar-refractivity contribution in [2.24, 2.45) is 7.05 Å². The number of allylic oxidation sites excluding steroid dienone is 1. The number of Topliss-reactive ketones (excluding diaryl/α,β-unsaturated/α-hetero) is 1. The van der Waals surface area contributed by atoms with Gasteiger partial charge in [0.2, 0.25) is 5.78 Å². The highest BCUT2D eigenvalue weighted by molar-refractivity contribution is 6.19. The average molecular weight is 397 g/mol. The van der Waals surface area contributed by atoms with Gasteiger partial charge >= 0.3 is 5.69 Å². The number of ether oxygens (including phenoxy) is 2. The molecule has 0 saturated heterocycles. The number of carbonyl (C=O) groups is 1. The molecule has 1 aliphatic heterocycles. The Morgan fingerprint density at radius 2 is 1.97 bits per heavy atom. The summed E-state index contributed by atoms with van der Waals surface area (Å²) in [4.78, 5) is 37.8. The number of carbonyl (C=O) groups excluding carboxylic acids is 1. The van der Waals surface area contributed by atoms with Crippen LogP contribution in [-0.2, 0) is 13.6 Å². The number of anilines is 1. The predicted octanol–water partition coefficient (Wildman–Crippen LogP) is 2.18. The van der Waals surface area contributed by atoms with Crippen LogP contribution in [0.25, 0.3) is 6.08 Å². The molecule has 0 unspecified atom stereocenters. The number of nitrogens with zero attached hydrogens (tertiary/aromatic N) is 2. The minimum Gasteiger partial charge on any atom is -0.493 e. The van der Waals surface area contributed by atoms with E-state index in [2.05, 4.69) is 11.9 Å². The van der Waals surface area contributed by atoms with Crippen molar-refractivity contribution in [2.75, 3.05) is 19.0 Å². The minimum absolute atomic E-state index is 0.0234. The third-order valence-electron chi connectivity index (χ3n) is 4.57. The summed E-state index contributed by atoms with van der Waals surface area (Å²) < 4.78 is 13.3. The van der Waals surface area contributed by atoms with Crippen LogP contribution in [0.5, 0.6) is 11.5 Å². The van der Waals surface area contributed by atoms with Gasteiger partial charge in [-0.15, -0.1) is 0 Å². The monoisotopic (exact) mass is 397 g/mol. The molecule has 0 atom stereocenters. The molecule has 0 radical (unpaired) electrons. The quantitative estimate of drug-likeness (QED) is 0.569. The molecule has 0 amide bonds. The number of ketones is 1. The lowest BCUT2D eigenvalue weighted by molar-refractivity contribution is 0.104. The van der Waals surface area contributed by atoms with Crippen LogP contribution in [0.3, 0.4) is 0 Å². The van der Waals surface area contributed by atoms with Gasteiger partial charge < -0.3 is 14.8 Å². The molecule has 0 bridgehead atoms. The second kappa shape index (κ2) is 8.22. The van der Waals surface area contributed by atoms with Crippen molar-refractivity contribution in [1.29, 1.82) is 0 Å². The van der Waals surface area contributed by atoms with Crippen LogP contribution in [0.4, 0.5) is 5.82 Å². The molecule has 3 rings (SSSR count). The third-order valence-corrected chi connectivity index (χ3v) is 4.57. The lowest BCUT2D eigenvalue weighted by Crippen LogP contribution is -2.40. The highest BCUT2D eigenvalue weighted by Gasteiger charge is 2.32. The molecule has 152 valence electrons. The Hall–Kier alpha value is -3.55. The summed E-state index contributed by atoms with van der Waals surface area (Å²) in [5, 5.41) is 2.96. The molecular weight excluding hydrogens is 374 g/mol. The standard InChI is InChI=1S/C21H23N3O5/c1-5-9-24-19-17(20(26)23(3)21(24)27)18(25)14(22-19)11-13-7-8-15(29-10-6-2)16(12-13)28-4/h6-8,11-12,22H,2,5,9-10H2,1,3-4H3/b14-11-. The fourth-order valence-corrected chi connectivity index (χ4v) is 3.16. The lowest BCUT2D eigenvalue weighted by Gasteiger charge is -2.12. The van der Waals surface area contributed by atoms with E-state index in [4.69, 9.17) is 9.47 Å². The molecule has 0 fully saturated rings. The number of benzene rings is 1. The summed E-state index contributed by atoms with van der Waals surface area (Å²) in [6, 6.07) is 5.22. The zero-order chi connectivity index (χ0) is 21.1. The number of fused-ring (bicyclic) bond motifs is 1. The van der Waals surface area contributed by atoms with E-state index in [1.165, 1.54) is 18.7 Å². The Labute approximate surface area is 167 Å². The van der Waals surface area contributed by atoms with Crippen LogP contribution in [-0.4, -0.2) is 28.6 Å². The van der Waals surface area contributed by atoms with E-state index in [0.717, 1.165) is 4.57 Å². The zero-order valence-corrected chi connectivity index (χ0v) is 16.7. The van der Waals surface area contributed by atoms with E-state index >= 15 is 0 Å². The highest BCUT2D eigenvalue weighted by atomic mass is 16.5. The van der Waals surface area contributed by atoms with Crippen LogP contribution in [0.15, 0.2) is 46.1 Å². The summed E-state index contributed by atoms with van der Waals surface area (Å²) in [7, 11) is 2.90. The Balaban J connectivity index is 2.04. The first kappa shape index (κ1) is 20.2. The van der Waals surface area contributed by atoms with Crippen molar-refractivity contribution in [3.05, 3.63) is 68.5 Å². The molecule has 1 aromatic heterocycles. The molecule has 1 aromatic carbocycles. The summed E-state index contributed by atoms with van der Waals surface area (Å²) >= 11 is 0. The lowest BCUT2D eigenvalue weighted by atomic mass is 10.1. The summed E-state index contributed by atoms with van der Waals surface area (Å²) in [5.41, 5.74) is -0.191. The Bertz CT molecular complexity index is 1120. The Morgan fingerprint density at radius 3 is 2.62 bits per heavy atom. The van der Waals surface area contributed by atoms with Crippen LogP contribution in [0.1, 0.15) is 29.3 Å². The first-order valence-electron chi connectivity index (χ1n) is 9.21. The van der Waals surface area contributed by atoms with Gasteiger partial charge in [-0.3, -0.25) is 18.7 Å². The van der Waals surface area contributed by atoms with Crippen LogP contribution >= 0.6 is 0 Å². The molecule has 0 aliphatic carbocycles. The average Bonchev–Trinajstić information content (AvgIpc) is 3.04. The number of nitrogens with one attached hydrogen (secondary N) is 1. The normalized spacial score (nSPS) is 13.9. The third kappa shape index (κ3) is 3.61. The van der Waals surface area contributed by atoms with Gasteiger partial charge in [-0.1, -0.05) is 25.6 Å². The minimum atomic E-state index is -0.607. The largest absolute Gasteiger partial charge is 0.493 e. The van der Waals surface area contributed by atoms with Crippen LogP contribution < -0.4 is 26.0 Å². The van der Waals surface area contributed by atoms with E-state index < -0.39 is 17.0 Å².